The Kier molecular flexibility index (Phi) is 3.89. The Balaban J connectivity index is 2.74. The SMILES string of the molecule is CCCN[C@@H](C)c1ccc(F)cc1O. The molecule has 0 saturated heterocycles. The largest absolute Gasteiger partial charge is 0.508 e. The highest BCUT2D eigenvalue weighted by Gasteiger charge is 2.09. The van der Waals surface area contributed by atoms with Crippen molar-refractivity contribution in [3.8, 4) is 5.75 Å². The number of phenolic OH excluding ortho intramolecular Hbond substituents is 1. The molecule has 1 atom stereocenters. The van der Waals surface area contributed by atoms with Crippen molar-refractivity contribution < 1.29 is 9.50 Å². The van der Waals surface area contributed by atoms with Crippen molar-refractivity contribution in [3.05, 3.63) is 29.6 Å². The van der Waals surface area contributed by atoms with E-state index in [0.717, 1.165) is 24.6 Å². The van der Waals surface area contributed by atoms with E-state index >= 15 is 0 Å². The molecule has 0 bridgehead atoms. The lowest BCUT2D eigenvalue weighted by Gasteiger charge is -2.14. The second-order valence-electron chi connectivity index (χ2n) is 3.38. The van der Waals surface area contributed by atoms with Gasteiger partial charge in [0.15, 0.2) is 0 Å². The van der Waals surface area contributed by atoms with Gasteiger partial charge in [-0.2, -0.15) is 0 Å². The normalized spacial score (nSPS) is 12.8. The van der Waals surface area contributed by atoms with E-state index in [1.54, 1.807) is 6.07 Å². The molecule has 0 amide bonds. The van der Waals surface area contributed by atoms with Crippen LogP contribution in [0.5, 0.6) is 5.75 Å². The fourth-order valence-electron chi connectivity index (χ4n) is 1.35. The Morgan fingerprint density at radius 2 is 2.21 bits per heavy atom. The first-order valence-corrected chi connectivity index (χ1v) is 4.87. The number of phenols is 1. The molecule has 2 nitrogen and oxygen atoms in total. The first kappa shape index (κ1) is 11.0. The van der Waals surface area contributed by atoms with Crippen LogP contribution in [0.2, 0.25) is 0 Å². The molecule has 1 aromatic carbocycles. The summed E-state index contributed by atoms with van der Waals surface area (Å²) >= 11 is 0. The second kappa shape index (κ2) is 4.96. The fourth-order valence-corrected chi connectivity index (χ4v) is 1.35. The minimum Gasteiger partial charge on any atom is -0.508 e. The fraction of sp³-hybridized carbons (Fsp3) is 0.455. The molecule has 0 aromatic heterocycles. The van der Waals surface area contributed by atoms with Gasteiger partial charge in [0.1, 0.15) is 11.6 Å². The first-order chi connectivity index (χ1) is 6.65. The summed E-state index contributed by atoms with van der Waals surface area (Å²) in [4.78, 5) is 0. The third-order valence-corrected chi connectivity index (χ3v) is 2.16. The van der Waals surface area contributed by atoms with Gasteiger partial charge in [0.25, 0.3) is 0 Å². The van der Waals surface area contributed by atoms with Crippen LogP contribution in [0.4, 0.5) is 4.39 Å². The van der Waals surface area contributed by atoms with Crippen LogP contribution in [-0.4, -0.2) is 11.7 Å². The summed E-state index contributed by atoms with van der Waals surface area (Å²) in [6, 6.07) is 4.16. The zero-order valence-corrected chi connectivity index (χ0v) is 8.55. The number of aromatic hydroxyl groups is 1. The van der Waals surface area contributed by atoms with Crippen LogP contribution in [-0.2, 0) is 0 Å². The number of hydrogen-bond donors (Lipinski definition) is 2. The van der Waals surface area contributed by atoms with Crippen molar-refractivity contribution in [2.24, 2.45) is 0 Å². The first-order valence-electron chi connectivity index (χ1n) is 4.87. The molecular weight excluding hydrogens is 181 g/mol. The standard InChI is InChI=1S/C11H16FNO/c1-3-6-13-8(2)10-5-4-9(12)7-11(10)14/h4-5,7-8,13-14H,3,6H2,1-2H3/t8-/m0/s1. The summed E-state index contributed by atoms with van der Waals surface area (Å²) in [6.45, 7) is 4.91. The number of rotatable bonds is 4. The van der Waals surface area contributed by atoms with Gasteiger partial charge in [0.05, 0.1) is 0 Å². The van der Waals surface area contributed by atoms with E-state index in [-0.39, 0.29) is 11.8 Å². The maximum absolute atomic E-state index is 12.7. The molecule has 3 heteroatoms. The second-order valence-corrected chi connectivity index (χ2v) is 3.38. The zero-order valence-electron chi connectivity index (χ0n) is 8.55. The highest BCUT2D eigenvalue weighted by molar-refractivity contribution is 5.34. The molecule has 0 unspecified atom stereocenters. The van der Waals surface area contributed by atoms with Gasteiger partial charge in [0.2, 0.25) is 0 Å². The maximum atomic E-state index is 12.7. The summed E-state index contributed by atoms with van der Waals surface area (Å²) < 4.78 is 12.7. The molecule has 0 heterocycles. The van der Waals surface area contributed by atoms with Gasteiger partial charge in [-0.15, -0.1) is 0 Å². The lowest BCUT2D eigenvalue weighted by molar-refractivity contribution is 0.447. The minimum atomic E-state index is -0.408. The summed E-state index contributed by atoms with van der Waals surface area (Å²) in [7, 11) is 0. The third kappa shape index (κ3) is 2.70. The molecule has 0 saturated carbocycles. The van der Waals surface area contributed by atoms with Crippen LogP contribution in [0.1, 0.15) is 31.9 Å². The van der Waals surface area contributed by atoms with Gasteiger partial charge in [-0.3, -0.25) is 0 Å². The van der Waals surface area contributed by atoms with Crippen molar-refractivity contribution in [2.45, 2.75) is 26.3 Å². The number of halogens is 1. The Morgan fingerprint density at radius 1 is 1.50 bits per heavy atom. The Labute approximate surface area is 83.8 Å². The van der Waals surface area contributed by atoms with E-state index in [1.807, 2.05) is 6.92 Å². The smallest absolute Gasteiger partial charge is 0.126 e. The highest BCUT2D eigenvalue weighted by atomic mass is 19.1. The molecule has 0 aliphatic heterocycles. The van der Waals surface area contributed by atoms with Crippen molar-refractivity contribution in [1.29, 1.82) is 0 Å². The van der Waals surface area contributed by atoms with E-state index in [4.69, 9.17) is 0 Å². The van der Waals surface area contributed by atoms with Gasteiger partial charge < -0.3 is 10.4 Å². The predicted octanol–water partition coefficient (Wildman–Crippen LogP) is 2.59. The molecule has 2 N–H and O–H groups in total. The Bertz CT molecular complexity index is 301. The Hall–Kier alpha value is -1.09. The highest BCUT2D eigenvalue weighted by Crippen LogP contribution is 2.24. The molecule has 78 valence electrons. The molecule has 0 aliphatic rings. The molecule has 0 aliphatic carbocycles. The van der Waals surface area contributed by atoms with E-state index in [2.05, 4.69) is 12.2 Å². The van der Waals surface area contributed by atoms with Gasteiger partial charge in [0, 0.05) is 17.7 Å². The van der Waals surface area contributed by atoms with Gasteiger partial charge in [-0.25, -0.2) is 4.39 Å². The van der Waals surface area contributed by atoms with Crippen LogP contribution >= 0.6 is 0 Å². The summed E-state index contributed by atoms with van der Waals surface area (Å²) in [5.74, 6) is -0.393. The Morgan fingerprint density at radius 3 is 2.79 bits per heavy atom. The van der Waals surface area contributed by atoms with Crippen molar-refractivity contribution in [1.82, 2.24) is 5.32 Å². The quantitative estimate of drug-likeness (QED) is 0.777. The van der Waals surface area contributed by atoms with E-state index in [1.165, 1.54) is 6.07 Å². The van der Waals surface area contributed by atoms with Gasteiger partial charge in [-0.05, 0) is 26.0 Å². The van der Waals surface area contributed by atoms with Crippen LogP contribution in [0.25, 0.3) is 0 Å². The van der Waals surface area contributed by atoms with Crippen LogP contribution in [0.15, 0.2) is 18.2 Å². The monoisotopic (exact) mass is 197 g/mol. The lowest BCUT2D eigenvalue weighted by atomic mass is 10.1. The summed E-state index contributed by atoms with van der Waals surface area (Å²) in [6.07, 6.45) is 1.03. The van der Waals surface area contributed by atoms with E-state index in [0.29, 0.717) is 0 Å². The minimum absolute atomic E-state index is 0.0149. The van der Waals surface area contributed by atoms with Crippen LogP contribution in [0, 0.1) is 5.82 Å². The molecule has 14 heavy (non-hydrogen) atoms. The summed E-state index contributed by atoms with van der Waals surface area (Å²) in [5.41, 5.74) is 0.736. The molecule has 1 rings (SSSR count). The van der Waals surface area contributed by atoms with Crippen molar-refractivity contribution >= 4 is 0 Å². The van der Waals surface area contributed by atoms with Crippen LogP contribution < -0.4 is 5.32 Å². The predicted molar refractivity (Wildman–Crippen MR) is 54.8 cm³/mol. The molecule has 0 spiro atoms. The zero-order chi connectivity index (χ0) is 10.6. The summed E-state index contributed by atoms with van der Waals surface area (Å²) in [5, 5.41) is 12.7. The molecular formula is C11H16FNO. The topological polar surface area (TPSA) is 32.3 Å². The lowest BCUT2D eigenvalue weighted by Crippen LogP contribution is -2.19. The average molecular weight is 197 g/mol. The molecule has 0 fully saturated rings. The van der Waals surface area contributed by atoms with Crippen LogP contribution in [0.3, 0.4) is 0 Å². The van der Waals surface area contributed by atoms with Crippen molar-refractivity contribution in [2.75, 3.05) is 6.54 Å². The molecule has 0 radical (unpaired) electrons. The number of nitrogens with one attached hydrogen (secondary N) is 1. The number of hydrogen-bond acceptors (Lipinski definition) is 2. The number of benzene rings is 1. The maximum Gasteiger partial charge on any atom is 0.126 e. The average Bonchev–Trinajstić information content (AvgIpc) is 2.14. The van der Waals surface area contributed by atoms with E-state index < -0.39 is 5.82 Å². The van der Waals surface area contributed by atoms with Gasteiger partial charge >= 0.3 is 0 Å². The third-order valence-electron chi connectivity index (χ3n) is 2.16. The van der Waals surface area contributed by atoms with E-state index in [9.17, 15) is 9.50 Å². The molecule has 1 aromatic rings. The van der Waals surface area contributed by atoms with Crippen molar-refractivity contribution in [3.63, 3.8) is 0 Å². The van der Waals surface area contributed by atoms with Gasteiger partial charge in [-0.1, -0.05) is 13.0 Å².